The van der Waals surface area contributed by atoms with Crippen LogP contribution in [-0.2, 0) is 16.0 Å². The second-order valence-electron chi connectivity index (χ2n) is 7.98. The van der Waals surface area contributed by atoms with Crippen molar-refractivity contribution in [2.24, 2.45) is 5.92 Å². The van der Waals surface area contributed by atoms with Crippen LogP contribution in [0, 0.1) is 11.7 Å². The van der Waals surface area contributed by atoms with Crippen LogP contribution < -0.4 is 10.2 Å². The van der Waals surface area contributed by atoms with E-state index in [0.717, 1.165) is 29.7 Å². The Morgan fingerprint density at radius 2 is 2.04 bits per heavy atom. The first-order chi connectivity index (χ1) is 12.9. The highest BCUT2D eigenvalue weighted by atomic mass is 19.1. The lowest BCUT2D eigenvalue weighted by Crippen LogP contribution is -2.50. The molecule has 2 aliphatic heterocycles. The van der Waals surface area contributed by atoms with Crippen LogP contribution in [0.4, 0.5) is 14.9 Å². The lowest BCUT2D eigenvalue weighted by atomic mass is 9.77. The molecular formula is C20H24FN3O3. The van der Waals surface area contributed by atoms with Crippen molar-refractivity contribution >= 4 is 23.5 Å². The third-order valence-corrected chi connectivity index (χ3v) is 6.14. The molecule has 2 fully saturated rings. The number of nitrogens with one attached hydrogen (secondary N) is 1. The third-order valence-electron chi connectivity index (χ3n) is 6.14. The molecule has 0 unspecified atom stereocenters. The van der Waals surface area contributed by atoms with Gasteiger partial charge in [-0.15, -0.1) is 0 Å². The summed E-state index contributed by atoms with van der Waals surface area (Å²) >= 11 is 0. The third kappa shape index (κ3) is 2.99. The number of urea groups is 1. The summed E-state index contributed by atoms with van der Waals surface area (Å²) in [6, 6.07) is 4.25. The number of carbonyl (C=O) groups excluding carboxylic acids is 3. The van der Waals surface area contributed by atoms with E-state index < -0.39 is 23.3 Å². The maximum absolute atomic E-state index is 14.3. The van der Waals surface area contributed by atoms with Crippen LogP contribution in [0.25, 0.3) is 0 Å². The summed E-state index contributed by atoms with van der Waals surface area (Å²) < 4.78 is 14.3. The molecule has 7 heteroatoms. The van der Waals surface area contributed by atoms with Crippen molar-refractivity contribution in [3.63, 3.8) is 0 Å². The van der Waals surface area contributed by atoms with E-state index in [0.29, 0.717) is 31.7 Å². The SMILES string of the molecule is CC1CCC2(CC1)NC(=O)N(CC(=O)N1CCCc3cccc(F)c31)C2=O. The molecule has 0 bridgehead atoms. The number of anilines is 1. The van der Waals surface area contributed by atoms with E-state index in [1.54, 1.807) is 6.07 Å². The van der Waals surface area contributed by atoms with Crippen molar-refractivity contribution in [3.05, 3.63) is 29.6 Å². The molecule has 6 nitrogen and oxygen atoms in total. The number of aryl methyl sites for hydroxylation is 1. The fraction of sp³-hybridized carbons (Fsp3) is 0.550. The Morgan fingerprint density at radius 3 is 2.78 bits per heavy atom. The van der Waals surface area contributed by atoms with E-state index in [9.17, 15) is 18.8 Å². The minimum absolute atomic E-state index is 0.280. The van der Waals surface area contributed by atoms with Crippen LogP contribution in [0.2, 0.25) is 0 Å². The van der Waals surface area contributed by atoms with Crippen LogP contribution in [0.3, 0.4) is 0 Å². The topological polar surface area (TPSA) is 69.7 Å². The normalized spacial score (nSPS) is 27.7. The van der Waals surface area contributed by atoms with Crippen molar-refractivity contribution in [3.8, 4) is 0 Å². The molecule has 144 valence electrons. The first kappa shape index (κ1) is 17.9. The van der Waals surface area contributed by atoms with Crippen LogP contribution in [-0.4, -0.2) is 41.4 Å². The van der Waals surface area contributed by atoms with Crippen LogP contribution in [0.1, 0.15) is 44.6 Å². The van der Waals surface area contributed by atoms with Gasteiger partial charge in [-0.05, 0) is 56.1 Å². The van der Waals surface area contributed by atoms with Crippen molar-refractivity contribution in [1.82, 2.24) is 10.2 Å². The van der Waals surface area contributed by atoms with E-state index in [4.69, 9.17) is 0 Å². The molecule has 1 saturated heterocycles. The first-order valence-corrected chi connectivity index (χ1v) is 9.63. The summed E-state index contributed by atoms with van der Waals surface area (Å²) in [5.41, 5.74) is 0.195. The first-order valence-electron chi connectivity index (χ1n) is 9.63. The Morgan fingerprint density at radius 1 is 1.30 bits per heavy atom. The molecule has 1 saturated carbocycles. The monoisotopic (exact) mass is 373 g/mol. The predicted octanol–water partition coefficient (Wildman–Crippen LogP) is 2.61. The lowest BCUT2D eigenvalue weighted by molar-refractivity contribution is -0.135. The van der Waals surface area contributed by atoms with Crippen LogP contribution >= 0.6 is 0 Å². The standard InChI is InChI=1S/C20H24FN3O3/c1-13-7-9-20(10-8-13)18(26)24(19(27)22-20)12-16(25)23-11-3-5-14-4-2-6-15(21)17(14)23/h2,4,6,13H,3,5,7-12H2,1H3,(H,22,27). The zero-order valence-electron chi connectivity index (χ0n) is 15.5. The number of rotatable bonds is 2. The molecule has 27 heavy (non-hydrogen) atoms. The van der Waals surface area contributed by atoms with E-state index >= 15 is 0 Å². The molecule has 1 N–H and O–H groups in total. The quantitative estimate of drug-likeness (QED) is 0.810. The minimum atomic E-state index is -0.866. The van der Waals surface area contributed by atoms with Gasteiger partial charge in [-0.3, -0.25) is 14.5 Å². The van der Waals surface area contributed by atoms with Crippen LogP contribution in [0.15, 0.2) is 18.2 Å². The average molecular weight is 373 g/mol. The number of fused-ring (bicyclic) bond motifs is 1. The van der Waals surface area contributed by atoms with Gasteiger partial charge < -0.3 is 10.2 Å². The fourth-order valence-corrected chi connectivity index (χ4v) is 4.49. The lowest BCUT2D eigenvalue weighted by Gasteiger charge is -2.34. The Balaban J connectivity index is 1.53. The molecular weight excluding hydrogens is 349 g/mol. The second-order valence-corrected chi connectivity index (χ2v) is 7.98. The van der Waals surface area contributed by atoms with Gasteiger partial charge in [-0.1, -0.05) is 19.1 Å². The number of hydrogen-bond donors (Lipinski definition) is 1. The largest absolute Gasteiger partial charge is 0.325 e. The zero-order valence-corrected chi connectivity index (χ0v) is 15.5. The maximum atomic E-state index is 14.3. The number of imide groups is 1. The van der Waals surface area contributed by atoms with Gasteiger partial charge in [0.2, 0.25) is 5.91 Å². The van der Waals surface area contributed by atoms with Crippen molar-refractivity contribution in [2.75, 3.05) is 18.0 Å². The number of carbonyl (C=O) groups is 3. The van der Waals surface area contributed by atoms with Crippen LogP contribution in [0.5, 0.6) is 0 Å². The summed E-state index contributed by atoms with van der Waals surface area (Å²) in [6.07, 6.45) is 4.39. The summed E-state index contributed by atoms with van der Waals surface area (Å²) in [6.45, 7) is 2.17. The van der Waals surface area contributed by atoms with Gasteiger partial charge >= 0.3 is 6.03 Å². The molecule has 0 radical (unpaired) electrons. The Hall–Kier alpha value is -2.44. The van der Waals surface area contributed by atoms with Gasteiger partial charge in [-0.2, -0.15) is 0 Å². The van der Waals surface area contributed by atoms with Gasteiger partial charge in [0.15, 0.2) is 0 Å². The number of para-hydroxylation sites is 1. The van der Waals surface area contributed by atoms with E-state index in [-0.39, 0.29) is 18.1 Å². The summed E-state index contributed by atoms with van der Waals surface area (Å²) in [4.78, 5) is 40.6. The maximum Gasteiger partial charge on any atom is 0.325 e. The number of hydrogen-bond acceptors (Lipinski definition) is 3. The van der Waals surface area contributed by atoms with Gasteiger partial charge in [-0.25, -0.2) is 9.18 Å². The summed E-state index contributed by atoms with van der Waals surface area (Å²) in [5.74, 6) is -0.663. The average Bonchev–Trinajstić information content (AvgIpc) is 2.88. The predicted molar refractivity (Wildman–Crippen MR) is 97.7 cm³/mol. The van der Waals surface area contributed by atoms with E-state index in [2.05, 4.69) is 12.2 Å². The molecule has 2 heterocycles. The Bertz CT molecular complexity index is 802. The molecule has 1 spiro atoms. The number of benzene rings is 1. The molecule has 4 amide bonds. The molecule has 3 aliphatic rings. The molecule has 1 aliphatic carbocycles. The van der Waals surface area contributed by atoms with Gasteiger partial charge in [0.1, 0.15) is 17.9 Å². The summed E-state index contributed by atoms with van der Waals surface area (Å²) in [7, 11) is 0. The highest BCUT2D eigenvalue weighted by Gasteiger charge is 2.52. The number of halogens is 1. The fourth-order valence-electron chi connectivity index (χ4n) is 4.49. The van der Waals surface area contributed by atoms with Crippen molar-refractivity contribution in [1.29, 1.82) is 0 Å². The summed E-state index contributed by atoms with van der Waals surface area (Å²) in [5, 5.41) is 2.82. The molecule has 4 rings (SSSR count). The number of amides is 4. The second kappa shape index (κ2) is 6.62. The van der Waals surface area contributed by atoms with Gasteiger partial charge in [0.25, 0.3) is 5.91 Å². The van der Waals surface area contributed by atoms with Crippen molar-refractivity contribution < 1.29 is 18.8 Å². The number of nitrogens with zero attached hydrogens (tertiary/aromatic N) is 2. The molecule has 0 aromatic heterocycles. The Labute approximate surface area is 157 Å². The van der Waals surface area contributed by atoms with E-state index in [1.807, 2.05) is 6.07 Å². The zero-order chi connectivity index (χ0) is 19.2. The smallest absolute Gasteiger partial charge is 0.323 e. The van der Waals surface area contributed by atoms with Gasteiger partial charge in [0, 0.05) is 6.54 Å². The van der Waals surface area contributed by atoms with Gasteiger partial charge in [0.05, 0.1) is 5.69 Å². The van der Waals surface area contributed by atoms with Crippen molar-refractivity contribution in [2.45, 2.75) is 51.0 Å². The molecule has 1 aromatic rings. The van der Waals surface area contributed by atoms with E-state index in [1.165, 1.54) is 11.0 Å². The highest BCUT2D eigenvalue weighted by Crippen LogP contribution is 2.36. The molecule has 0 atom stereocenters. The highest BCUT2D eigenvalue weighted by molar-refractivity contribution is 6.10. The Kier molecular flexibility index (Phi) is 4.40. The molecule has 1 aromatic carbocycles. The minimum Gasteiger partial charge on any atom is -0.323 e.